The molecule has 0 unspecified atom stereocenters. The minimum absolute atomic E-state index is 0. The molecule has 1 amide bonds. The number of likely N-dealkylation sites (N-methyl/N-ethyl adjacent to an activating group) is 1. The van der Waals surface area contributed by atoms with Crippen molar-refractivity contribution >= 4 is 52.3 Å². The molecule has 2 aromatic rings. The standard InChI is InChI=1S/C11H13N3OS.2ClH/c1-14(11(15)6-12)7-10-13-8-4-2-3-5-9(8)16-10;;/h2-5H,6-7,12H2,1H3;2*1H. The Bertz CT molecular complexity index is 485. The number of amides is 1. The number of nitrogens with two attached hydrogens (primary N) is 1. The number of carbonyl (C=O) groups is 1. The molecule has 0 fully saturated rings. The van der Waals surface area contributed by atoms with Gasteiger partial charge in [0, 0.05) is 7.05 Å². The van der Waals surface area contributed by atoms with Crippen LogP contribution < -0.4 is 5.73 Å². The largest absolute Gasteiger partial charge is 0.338 e. The predicted octanol–water partition coefficient (Wildman–Crippen LogP) is 2.06. The van der Waals surface area contributed by atoms with Crippen LogP contribution in [-0.2, 0) is 11.3 Å². The second kappa shape index (κ2) is 7.53. The molecule has 7 heteroatoms. The predicted molar refractivity (Wildman–Crippen MR) is 79.6 cm³/mol. The Hall–Kier alpha value is -0.880. The van der Waals surface area contributed by atoms with Crippen molar-refractivity contribution in [3.8, 4) is 0 Å². The van der Waals surface area contributed by atoms with Crippen LogP contribution in [0.2, 0.25) is 0 Å². The topological polar surface area (TPSA) is 59.2 Å². The Morgan fingerprint density at radius 1 is 1.39 bits per heavy atom. The van der Waals surface area contributed by atoms with Crippen LogP contribution in [0.25, 0.3) is 10.2 Å². The Morgan fingerprint density at radius 3 is 2.67 bits per heavy atom. The maximum Gasteiger partial charge on any atom is 0.236 e. The minimum Gasteiger partial charge on any atom is -0.338 e. The number of thiazole rings is 1. The van der Waals surface area contributed by atoms with E-state index in [1.54, 1.807) is 23.3 Å². The summed E-state index contributed by atoms with van der Waals surface area (Å²) in [6.07, 6.45) is 0. The lowest BCUT2D eigenvalue weighted by atomic mass is 10.3. The fourth-order valence-corrected chi connectivity index (χ4v) is 2.46. The average Bonchev–Trinajstić information content (AvgIpc) is 2.69. The van der Waals surface area contributed by atoms with E-state index in [0.29, 0.717) is 6.54 Å². The third-order valence-corrected chi connectivity index (χ3v) is 3.33. The lowest BCUT2D eigenvalue weighted by Gasteiger charge is -2.13. The van der Waals surface area contributed by atoms with Gasteiger partial charge in [0.1, 0.15) is 5.01 Å². The van der Waals surface area contributed by atoms with E-state index >= 15 is 0 Å². The van der Waals surface area contributed by atoms with Gasteiger partial charge in [0.25, 0.3) is 0 Å². The molecule has 0 radical (unpaired) electrons. The van der Waals surface area contributed by atoms with E-state index in [0.717, 1.165) is 15.2 Å². The van der Waals surface area contributed by atoms with E-state index in [2.05, 4.69) is 4.98 Å². The van der Waals surface area contributed by atoms with Gasteiger partial charge in [0.15, 0.2) is 0 Å². The molecular weight excluding hydrogens is 293 g/mol. The zero-order valence-corrected chi connectivity index (χ0v) is 12.3. The quantitative estimate of drug-likeness (QED) is 0.944. The number of benzene rings is 1. The van der Waals surface area contributed by atoms with E-state index in [1.165, 1.54) is 0 Å². The van der Waals surface area contributed by atoms with E-state index in [4.69, 9.17) is 5.73 Å². The molecule has 0 spiro atoms. The molecule has 100 valence electrons. The normalized spacial score (nSPS) is 9.44. The van der Waals surface area contributed by atoms with Crippen molar-refractivity contribution in [3.63, 3.8) is 0 Å². The summed E-state index contributed by atoms with van der Waals surface area (Å²) < 4.78 is 1.14. The molecule has 1 heterocycles. The van der Waals surface area contributed by atoms with Gasteiger partial charge in [-0.1, -0.05) is 12.1 Å². The minimum atomic E-state index is -0.0701. The molecule has 0 aliphatic rings. The molecule has 0 atom stereocenters. The number of carbonyl (C=O) groups excluding carboxylic acids is 1. The summed E-state index contributed by atoms with van der Waals surface area (Å²) in [5, 5.41) is 0.936. The Balaban J connectivity index is 0.00000144. The first-order valence-electron chi connectivity index (χ1n) is 4.99. The molecule has 0 aliphatic heterocycles. The first-order valence-corrected chi connectivity index (χ1v) is 5.81. The maximum atomic E-state index is 11.3. The first kappa shape index (κ1) is 17.1. The van der Waals surface area contributed by atoms with Crippen molar-refractivity contribution in [2.45, 2.75) is 6.54 Å². The average molecular weight is 308 g/mol. The number of hydrogen-bond acceptors (Lipinski definition) is 4. The highest BCUT2D eigenvalue weighted by molar-refractivity contribution is 7.18. The molecule has 0 bridgehead atoms. The van der Waals surface area contributed by atoms with Gasteiger partial charge in [-0.15, -0.1) is 36.2 Å². The summed E-state index contributed by atoms with van der Waals surface area (Å²) in [5.74, 6) is -0.0701. The van der Waals surface area contributed by atoms with Crippen molar-refractivity contribution in [3.05, 3.63) is 29.3 Å². The van der Waals surface area contributed by atoms with Crippen molar-refractivity contribution in [1.82, 2.24) is 9.88 Å². The monoisotopic (exact) mass is 307 g/mol. The van der Waals surface area contributed by atoms with Gasteiger partial charge in [-0.3, -0.25) is 4.79 Å². The zero-order valence-electron chi connectivity index (χ0n) is 9.83. The van der Waals surface area contributed by atoms with E-state index in [-0.39, 0.29) is 37.3 Å². The Morgan fingerprint density at radius 2 is 2.06 bits per heavy atom. The molecule has 0 saturated carbocycles. The number of hydrogen-bond donors (Lipinski definition) is 1. The van der Waals surface area contributed by atoms with E-state index < -0.39 is 0 Å². The molecule has 2 N–H and O–H groups in total. The summed E-state index contributed by atoms with van der Waals surface area (Å²) in [6.45, 7) is 0.566. The molecule has 18 heavy (non-hydrogen) atoms. The molecule has 1 aromatic heterocycles. The number of rotatable bonds is 3. The molecular formula is C11H15Cl2N3OS. The highest BCUT2D eigenvalue weighted by atomic mass is 35.5. The van der Waals surface area contributed by atoms with E-state index in [1.807, 2.05) is 24.3 Å². The third-order valence-electron chi connectivity index (χ3n) is 2.31. The molecule has 0 saturated heterocycles. The molecule has 0 aliphatic carbocycles. The fourth-order valence-electron chi connectivity index (χ4n) is 1.43. The van der Waals surface area contributed by atoms with Gasteiger partial charge >= 0.3 is 0 Å². The van der Waals surface area contributed by atoms with Gasteiger partial charge in [0.2, 0.25) is 5.91 Å². The zero-order chi connectivity index (χ0) is 11.5. The van der Waals surface area contributed by atoms with Crippen molar-refractivity contribution in [2.24, 2.45) is 5.73 Å². The maximum absolute atomic E-state index is 11.3. The Kier molecular flexibility index (Phi) is 7.16. The summed E-state index contributed by atoms with van der Waals surface area (Å²) >= 11 is 1.61. The van der Waals surface area contributed by atoms with Crippen molar-refractivity contribution < 1.29 is 4.79 Å². The van der Waals surface area contributed by atoms with Crippen LogP contribution in [-0.4, -0.2) is 29.4 Å². The summed E-state index contributed by atoms with van der Waals surface area (Å²) in [5.41, 5.74) is 6.28. The Labute approximate surface area is 122 Å². The van der Waals surface area contributed by atoms with Gasteiger partial charge in [-0.2, -0.15) is 0 Å². The molecule has 1 aromatic carbocycles. The number of fused-ring (bicyclic) bond motifs is 1. The molecule has 2 rings (SSSR count). The van der Waals surface area contributed by atoms with Gasteiger partial charge in [-0.25, -0.2) is 4.98 Å². The van der Waals surface area contributed by atoms with E-state index in [9.17, 15) is 4.79 Å². The fraction of sp³-hybridized carbons (Fsp3) is 0.273. The van der Waals surface area contributed by atoms with Gasteiger partial charge in [0.05, 0.1) is 23.3 Å². The third kappa shape index (κ3) is 3.81. The summed E-state index contributed by atoms with van der Waals surface area (Å²) in [4.78, 5) is 17.4. The highest BCUT2D eigenvalue weighted by Gasteiger charge is 2.10. The molecule has 4 nitrogen and oxygen atoms in total. The van der Waals surface area contributed by atoms with Crippen LogP contribution in [0.5, 0.6) is 0 Å². The van der Waals surface area contributed by atoms with Crippen LogP contribution >= 0.6 is 36.2 Å². The van der Waals surface area contributed by atoms with Gasteiger partial charge < -0.3 is 10.6 Å². The number of aromatic nitrogens is 1. The van der Waals surface area contributed by atoms with Crippen LogP contribution in [0.1, 0.15) is 5.01 Å². The van der Waals surface area contributed by atoms with Gasteiger partial charge in [-0.05, 0) is 12.1 Å². The smallest absolute Gasteiger partial charge is 0.236 e. The van der Waals surface area contributed by atoms with Crippen molar-refractivity contribution in [2.75, 3.05) is 13.6 Å². The highest BCUT2D eigenvalue weighted by Crippen LogP contribution is 2.22. The lowest BCUT2D eigenvalue weighted by Crippen LogP contribution is -2.32. The van der Waals surface area contributed by atoms with Crippen LogP contribution in [0.4, 0.5) is 0 Å². The number of para-hydroxylation sites is 1. The SMILES string of the molecule is CN(Cc1nc2ccccc2s1)C(=O)CN.Cl.Cl. The lowest BCUT2D eigenvalue weighted by molar-refractivity contribution is -0.128. The van der Waals surface area contributed by atoms with Crippen molar-refractivity contribution in [1.29, 1.82) is 0 Å². The summed E-state index contributed by atoms with van der Waals surface area (Å²) in [7, 11) is 1.74. The summed E-state index contributed by atoms with van der Waals surface area (Å²) in [6, 6.07) is 7.95. The van der Waals surface area contributed by atoms with Crippen LogP contribution in [0.15, 0.2) is 24.3 Å². The van der Waals surface area contributed by atoms with Crippen LogP contribution in [0, 0.1) is 0 Å². The number of halogens is 2. The second-order valence-electron chi connectivity index (χ2n) is 3.53. The first-order chi connectivity index (χ1) is 7.70. The van der Waals surface area contributed by atoms with Crippen LogP contribution in [0.3, 0.4) is 0 Å². The number of nitrogens with zero attached hydrogens (tertiary/aromatic N) is 2. The second-order valence-corrected chi connectivity index (χ2v) is 4.64.